The van der Waals surface area contributed by atoms with Gasteiger partial charge in [-0.15, -0.1) is 0 Å². The molecular weight excluding hydrogens is 409 g/mol. The summed E-state index contributed by atoms with van der Waals surface area (Å²) >= 11 is 0. The van der Waals surface area contributed by atoms with E-state index >= 15 is 0 Å². The van der Waals surface area contributed by atoms with Crippen LogP contribution in [-0.2, 0) is 18.4 Å². The highest BCUT2D eigenvalue weighted by Crippen LogP contribution is 2.24. The maximum Gasteiger partial charge on any atom is 0.261 e. The fourth-order valence-corrected chi connectivity index (χ4v) is 3.71. The number of nitrogens with one attached hydrogen (secondary N) is 1. The van der Waals surface area contributed by atoms with Crippen LogP contribution in [0, 0.1) is 5.82 Å². The highest BCUT2D eigenvalue weighted by Gasteiger charge is 2.11. The Labute approximate surface area is 181 Å². The van der Waals surface area contributed by atoms with E-state index in [0.717, 1.165) is 33.1 Å². The summed E-state index contributed by atoms with van der Waals surface area (Å²) in [7, 11) is 1.96. The summed E-state index contributed by atoms with van der Waals surface area (Å²) in [6, 6.07) is 19.0. The molecule has 1 amide bonds. The molecule has 8 heteroatoms. The predicted octanol–water partition coefficient (Wildman–Crippen LogP) is 3.73. The molecular formula is C24H18FN5O2. The lowest BCUT2D eigenvalue weighted by molar-refractivity contribution is -0.116. The van der Waals surface area contributed by atoms with Crippen molar-refractivity contribution in [2.24, 2.45) is 7.05 Å². The van der Waals surface area contributed by atoms with Gasteiger partial charge in [-0.05, 0) is 54.6 Å². The molecule has 3 aromatic carbocycles. The number of rotatable bonds is 4. The van der Waals surface area contributed by atoms with Crippen LogP contribution < -0.4 is 10.9 Å². The van der Waals surface area contributed by atoms with E-state index in [1.807, 2.05) is 48.0 Å². The number of aromatic nitrogens is 4. The third-order valence-electron chi connectivity index (χ3n) is 5.31. The Hall–Kier alpha value is -4.33. The molecule has 5 rings (SSSR count). The Bertz CT molecular complexity index is 1540. The van der Waals surface area contributed by atoms with Gasteiger partial charge in [0.15, 0.2) is 0 Å². The molecule has 0 radical (unpaired) electrons. The third-order valence-corrected chi connectivity index (χ3v) is 5.31. The number of aryl methyl sites for hydroxylation is 1. The fourth-order valence-electron chi connectivity index (χ4n) is 3.71. The molecule has 5 aromatic rings. The zero-order chi connectivity index (χ0) is 22.2. The van der Waals surface area contributed by atoms with Crippen molar-refractivity contribution in [3.8, 4) is 11.4 Å². The Morgan fingerprint density at radius 1 is 1.03 bits per heavy atom. The highest BCUT2D eigenvalue weighted by molar-refractivity contribution is 5.91. The van der Waals surface area contributed by atoms with Gasteiger partial charge in [-0.1, -0.05) is 12.1 Å². The first-order valence-corrected chi connectivity index (χ1v) is 9.96. The number of anilines is 1. The van der Waals surface area contributed by atoms with Crippen LogP contribution in [0.25, 0.3) is 33.3 Å². The summed E-state index contributed by atoms with van der Waals surface area (Å²) in [5.74, 6) is -0.0930. The lowest BCUT2D eigenvalue weighted by atomic mass is 10.2. The van der Waals surface area contributed by atoms with Crippen LogP contribution in [0.4, 0.5) is 10.1 Å². The van der Waals surface area contributed by atoms with Crippen LogP contribution in [0.15, 0.2) is 77.9 Å². The van der Waals surface area contributed by atoms with E-state index in [9.17, 15) is 14.0 Å². The molecule has 7 nitrogen and oxygen atoms in total. The molecule has 0 fully saturated rings. The molecule has 0 bridgehead atoms. The van der Waals surface area contributed by atoms with E-state index < -0.39 is 11.4 Å². The summed E-state index contributed by atoms with van der Waals surface area (Å²) in [6.45, 7) is -0.231. The lowest BCUT2D eigenvalue weighted by Crippen LogP contribution is -2.28. The molecule has 1 N–H and O–H groups in total. The smallest absolute Gasteiger partial charge is 0.261 e. The maximum absolute atomic E-state index is 13.5. The minimum Gasteiger partial charge on any atom is -0.327 e. The molecule has 0 aliphatic rings. The second-order valence-electron chi connectivity index (χ2n) is 7.45. The minimum atomic E-state index is -0.528. The zero-order valence-electron chi connectivity index (χ0n) is 17.1. The predicted molar refractivity (Wildman–Crippen MR) is 121 cm³/mol. The van der Waals surface area contributed by atoms with Crippen LogP contribution in [0.2, 0.25) is 0 Å². The molecule has 2 heterocycles. The number of amides is 1. The molecule has 0 saturated carbocycles. The maximum atomic E-state index is 13.5. The highest BCUT2D eigenvalue weighted by atomic mass is 19.1. The Kier molecular flexibility index (Phi) is 4.74. The number of para-hydroxylation sites is 2. The first-order chi connectivity index (χ1) is 15.5. The molecule has 0 unspecified atom stereocenters. The van der Waals surface area contributed by atoms with Crippen LogP contribution in [0.5, 0.6) is 0 Å². The number of benzene rings is 3. The molecule has 0 aliphatic heterocycles. The van der Waals surface area contributed by atoms with Gasteiger partial charge in [-0.25, -0.2) is 14.4 Å². The molecule has 2 aromatic heterocycles. The van der Waals surface area contributed by atoms with Crippen molar-refractivity contribution in [2.45, 2.75) is 6.54 Å². The quantitative estimate of drug-likeness (QED) is 0.474. The zero-order valence-corrected chi connectivity index (χ0v) is 17.1. The summed E-state index contributed by atoms with van der Waals surface area (Å²) in [4.78, 5) is 33.8. The first kappa shape index (κ1) is 19.6. The van der Waals surface area contributed by atoms with Crippen LogP contribution in [0.3, 0.4) is 0 Å². The number of fused-ring (bicyclic) bond motifs is 2. The molecule has 158 valence electrons. The summed E-state index contributed by atoms with van der Waals surface area (Å²) < 4.78 is 16.7. The third kappa shape index (κ3) is 3.51. The number of nitrogens with zero attached hydrogens (tertiary/aromatic N) is 4. The van der Waals surface area contributed by atoms with Crippen molar-refractivity contribution in [1.82, 2.24) is 19.1 Å². The van der Waals surface area contributed by atoms with E-state index in [4.69, 9.17) is 0 Å². The number of hydrogen-bond donors (Lipinski definition) is 1. The Balaban J connectivity index is 1.34. The minimum absolute atomic E-state index is 0.132. The number of imidazole rings is 1. The number of carbonyl (C=O) groups is 1. The SMILES string of the molecule is Cn1c(-c2ccc(NC(=O)Cn3cnc4ccc(F)cc4c3=O)cc2)nc2ccccc21. The molecule has 0 spiro atoms. The van der Waals surface area contributed by atoms with E-state index in [1.165, 1.54) is 18.5 Å². The average Bonchev–Trinajstić information content (AvgIpc) is 3.13. The number of carbonyl (C=O) groups excluding carboxylic acids is 1. The average molecular weight is 427 g/mol. The number of hydrogen-bond acceptors (Lipinski definition) is 4. The van der Waals surface area contributed by atoms with Crippen LogP contribution in [-0.4, -0.2) is 25.0 Å². The molecule has 0 atom stereocenters. The van der Waals surface area contributed by atoms with Crippen LogP contribution >= 0.6 is 0 Å². The summed E-state index contributed by atoms with van der Waals surface area (Å²) in [5.41, 5.74) is 3.36. The molecule has 0 saturated heterocycles. The monoisotopic (exact) mass is 427 g/mol. The van der Waals surface area contributed by atoms with Gasteiger partial charge < -0.3 is 9.88 Å². The fraction of sp³-hybridized carbons (Fsp3) is 0.0833. The van der Waals surface area contributed by atoms with Crippen molar-refractivity contribution in [3.63, 3.8) is 0 Å². The standard InChI is InChI=1S/C24H18FN5O2/c1-29-21-5-3-2-4-20(21)28-23(29)15-6-9-17(10-7-15)27-22(31)13-30-14-26-19-11-8-16(25)12-18(19)24(30)32/h2-12,14H,13H2,1H3,(H,27,31). The second kappa shape index (κ2) is 7.73. The largest absolute Gasteiger partial charge is 0.327 e. The van der Waals surface area contributed by atoms with Crippen molar-refractivity contribution in [3.05, 3.63) is 89.2 Å². The van der Waals surface area contributed by atoms with Crippen molar-refractivity contribution in [2.75, 3.05) is 5.32 Å². The van der Waals surface area contributed by atoms with Crippen molar-refractivity contribution < 1.29 is 9.18 Å². The molecule has 0 aliphatic carbocycles. The van der Waals surface area contributed by atoms with E-state index in [2.05, 4.69) is 15.3 Å². The van der Waals surface area contributed by atoms with E-state index in [1.54, 1.807) is 12.1 Å². The normalized spacial score (nSPS) is 11.2. The Morgan fingerprint density at radius 3 is 2.59 bits per heavy atom. The Morgan fingerprint density at radius 2 is 1.81 bits per heavy atom. The van der Waals surface area contributed by atoms with Gasteiger partial charge in [0.25, 0.3) is 5.56 Å². The van der Waals surface area contributed by atoms with E-state index in [0.29, 0.717) is 11.2 Å². The number of halogens is 1. The second-order valence-corrected chi connectivity index (χ2v) is 7.45. The van der Waals surface area contributed by atoms with Crippen molar-refractivity contribution >= 4 is 33.5 Å². The van der Waals surface area contributed by atoms with E-state index in [-0.39, 0.29) is 17.8 Å². The van der Waals surface area contributed by atoms with Crippen LogP contribution in [0.1, 0.15) is 0 Å². The first-order valence-electron chi connectivity index (χ1n) is 9.96. The van der Waals surface area contributed by atoms with Crippen molar-refractivity contribution in [1.29, 1.82) is 0 Å². The van der Waals surface area contributed by atoms with Gasteiger partial charge in [-0.3, -0.25) is 14.2 Å². The van der Waals surface area contributed by atoms with Gasteiger partial charge in [0.2, 0.25) is 5.91 Å². The lowest BCUT2D eigenvalue weighted by Gasteiger charge is -2.09. The topological polar surface area (TPSA) is 81.8 Å². The summed E-state index contributed by atoms with van der Waals surface area (Å²) in [6.07, 6.45) is 1.29. The van der Waals surface area contributed by atoms with Gasteiger partial charge in [-0.2, -0.15) is 0 Å². The molecule has 32 heavy (non-hydrogen) atoms. The van der Waals surface area contributed by atoms with Gasteiger partial charge >= 0.3 is 0 Å². The van der Waals surface area contributed by atoms with Gasteiger partial charge in [0.05, 0.1) is 28.3 Å². The summed E-state index contributed by atoms with van der Waals surface area (Å²) in [5, 5.41) is 2.90. The van der Waals surface area contributed by atoms with Gasteiger partial charge in [0.1, 0.15) is 18.2 Å². The van der Waals surface area contributed by atoms with Gasteiger partial charge in [0, 0.05) is 18.3 Å².